The summed E-state index contributed by atoms with van der Waals surface area (Å²) < 4.78 is 6.15. The Morgan fingerprint density at radius 3 is 2.61 bits per heavy atom. The third-order valence-corrected chi connectivity index (χ3v) is 4.65. The van der Waals surface area contributed by atoms with E-state index < -0.39 is 12.0 Å². The van der Waals surface area contributed by atoms with Crippen LogP contribution in [0.15, 0.2) is 59.1 Å². The second-order valence-electron chi connectivity index (χ2n) is 6.59. The Kier molecular flexibility index (Phi) is 4.62. The molecule has 1 aromatic heterocycles. The zero-order valence-corrected chi connectivity index (χ0v) is 15.2. The van der Waals surface area contributed by atoms with Crippen LogP contribution < -0.4 is 20.0 Å². The highest BCUT2D eigenvalue weighted by atomic mass is 16.6. The smallest absolute Gasteiger partial charge is 0.253 e. The molecule has 1 saturated heterocycles. The van der Waals surface area contributed by atoms with Crippen LogP contribution in [-0.2, 0) is 16.1 Å². The van der Waals surface area contributed by atoms with Crippen molar-refractivity contribution < 1.29 is 23.9 Å². The SMILES string of the molecule is Cc1ccc(N2C(=O)CC(NCc3c([O-])on[n+]3-c3ccccc3)C2=O)cc1. The fourth-order valence-corrected chi connectivity index (χ4v) is 3.16. The molecule has 0 aliphatic carbocycles. The number of nitrogens with zero attached hydrogens (tertiary/aromatic N) is 3. The number of anilines is 1. The van der Waals surface area contributed by atoms with E-state index in [-0.39, 0.29) is 30.5 Å². The number of para-hydroxylation sites is 1. The first-order valence-electron chi connectivity index (χ1n) is 8.85. The second kappa shape index (κ2) is 7.24. The molecule has 142 valence electrons. The van der Waals surface area contributed by atoms with Crippen molar-refractivity contribution in [3.63, 3.8) is 0 Å². The van der Waals surface area contributed by atoms with Gasteiger partial charge in [0.1, 0.15) is 0 Å². The molecule has 8 heteroatoms. The standard InChI is InChI=1S/C20H18N4O4/c1-13-7-9-14(10-8-13)23-18(25)11-16(19(23)26)21-12-17-20(27)28-22-24(17)15-5-3-2-4-6-15/h2-10,16,21H,11-12H2,1H3. The molecule has 2 aromatic carbocycles. The van der Waals surface area contributed by atoms with Crippen LogP contribution in [0.3, 0.4) is 0 Å². The Hall–Kier alpha value is -3.52. The van der Waals surface area contributed by atoms with E-state index in [9.17, 15) is 14.7 Å². The van der Waals surface area contributed by atoms with E-state index in [1.807, 2.05) is 37.3 Å². The first-order valence-corrected chi connectivity index (χ1v) is 8.85. The van der Waals surface area contributed by atoms with Crippen molar-refractivity contribution in [2.24, 2.45) is 0 Å². The van der Waals surface area contributed by atoms with E-state index in [2.05, 4.69) is 10.6 Å². The van der Waals surface area contributed by atoms with Gasteiger partial charge in [-0.15, -0.1) is 0 Å². The van der Waals surface area contributed by atoms with E-state index in [0.717, 1.165) is 5.56 Å². The van der Waals surface area contributed by atoms with E-state index in [1.165, 1.54) is 9.58 Å². The lowest BCUT2D eigenvalue weighted by atomic mass is 10.2. The summed E-state index contributed by atoms with van der Waals surface area (Å²) in [5, 5.41) is 18.8. The summed E-state index contributed by atoms with van der Waals surface area (Å²) in [4.78, 5) is 26.3. The Labute approximate surface area is 161 Å². The molecule has 2 amide bonds. The third-order valence-electron chi connectivity index (χ3n) is 4.65. The monoisotopic (exact) mass is 378 g/mol. The van der Waals surface area contributed by atoms with Crippen LogP contribution in [0.5, 0.6) is 5.95 Å². The van der Waals surface area contributed by atoms with Crippen LogP contribution in [0.25, 0.3) is 5.69 Å². The average Bonchev–Trinajstić information content (AvgIpc) is 3.20. The molecule has 4 rings (SSSR count). The summed E-state index contributed by atoms with van der Waals surface area (Å²) >= 11 is 0. The number of rotatable bonds is 5. The van der Waals surface area contributed by atoms with Gasteiger partial charge in [0, 0.05) is 12.1 Å². The predicted octanol–water partition coefficient (Wildman–Crippen LogP) is 0.755. The lowest BCUT2D eigenvalue weighted by Crippen LogP contribution is -2.43. The number of aryl methyl sites for hydroxylation is 1. The largest absolute Gasteiger partial charge is 0.539 e. The normalized spacial score (nSPS) is 16.8. The van der Waals surface area contributed by atoms with E-state index in [1.54, 1.807) is 24.3 Å². The Balaban J connectivity index is 1.51. The Bertz CT molecular complexity index is 1010. The molecule has 1 N–H and O–H groups in total. The maximum Gasteiger partial charge on any atom is 0.253 e. The van der Waals surface area contributed by atoms with Crippen LogP contribution in [-0.4, -0.2) is 23.1 Å². The average molecular weight is 378 g/mol. The van der Waals surface area contributed by atoms with Crippen molar-refractivity contribution in [1.82, 2.24) is 10.6 Å². The fraction of sp³-hybridized carbons (Fsp3) is 0.200. The second-order valence-corrected chi connectivity index (χ2v) is 6.59. The van der Waals surface area contributed by atoms with Gasteiger partial charge in [-0.3, -0.25) is 14.9 Å². The lowest BCUT2D eigenvalue weighted by molar-refractivity contribution is -0.677. The van der Waals surface area contributed by atoms with Gasteiger partial charge in [-0.05, 0) is 23.7 Å². The van der Waals surface area contributed by atoms with Gasteiger partial charge in [0.25, 0.3) is 11.6 Å². The number of aromatic nitrogens is 2. The lowest BCUT2D eigenvalue weighted by Gasteiger charge is -2.15. The van der Waals surface area contributed by atoms with Gasteiger partial charge in [0.05, 0.1) is 30.0 Å². The highest BCUT2D eigenvalue weighted by Crippen LogP contribution is 2.23. The molecule has 2 heterocycles. The molecule has 8 nitrogen and oxygen atoms in total. The van der Waals surface area contributed by atoms with Gasteiger partial charge in [-0.25, -0.2) is 4.90 Å². The summed E-state index contributed by atoms with van der Waals surface area (Å²) in [7, 11) is 0. The molecule has 28 heavy (non-hydrogen) atoms. The van der Waals surface area contributed by atoms with Crippen molar-refractivity contribution in [2.45, 2.75) is 25.9 Å². The molecule has 0 spiro atoms. The number of carbonyl (C=O) groups excluding carboxylic acids is 2. The number of carbonyl (C=O) groups is 2. The van der Waals surface area contributed by atoms with Crippen molar-refractivity contribution in [3.8, 4) is 11.6 Å². The van der Waals surface area contributed by atoms with Gasteiger partial charge in [-0.2, -0.15) is 0 Å². The molecule has 0 saturated carbocycles. The molecular formula is C20H18N4O4. The summed E-state index contributed by atoms with van der Waals surface area (Å²) in [6, 6.07) is 15.5. The summed E-state index contributed by atoms with van der Waals surface area (Å²) in [6.45, 7) is 1.98. The maximum atomic E-state index is 12.7. The summed E-state index contributed by atoms with van der Waals surface area (Å²) in [5.74, 6) is -1.22. The topological polar surface area (TPSA) is 102 Å². The fourth-order valence-electron chi connectivity index (χ4n) is 3.16. The van der Waals surface area contributed by atoms with Gasteiger partial charge in [-0.1, -0.05) is 35.9 Å². The molecular weight excluding hydrogens is 360 g/mol. The third kappa shape index (κ3) is 3.25. The number of hydrogen-bond acceptors (Lipinski definition) is 6. The van der Waals surface area contributed by atoms with E-state index in [0.29, 0.717) is 11.4 Å². The molecule has 3 aromatic rings. The highest BCUT2D eigenvalue weighted by molar-refractivity contribution is 6.22. The van der Waals surface area contributed by atoms with Crippen LogP contribution in [0.2, 0.25) is 0 Å². The zero-order chi connectivity index (χ0) is 19.7. The minimum Gasteiger partial charge on any atom is -0.539 e. The number of hydrogen-bond donors (Lipinski definition) is 1. The number of nitrogens with one attached hydrogen (secondary N) is 1. The molecule has 1 aliphatic rings. The first kappa shape index (κ1) is 17.9. The summed E-state index contributed by atoms with van der Waals surface area (Å²) in [5.41, 5.74) is 2.50. The quantitative estimate of drug-likeness (QED) is 0.519. The Morgan fingerprint density at radius 1 is 1.18 bits per heavy atom. The predicted molar refractivity (Wildman–Crippen MR) is 96.4 cm³/mol. The van der Waals surface area contributed by atoms with Gasteiger partial charge >= 0.3 is 0 Å². The molecule has 1 unspecified atom stereocenters. The van der Waals surface area contributed by atoms with E-state index in [4.69, 9.17) is 4.52 Å². The highest BCUT2D eigenvalue weighted by Gasteiger charge is 2.39. The van der Waals surface area contributed by atoms with Crippen LogP contribution in [0, 0.1) is 6.92 Å². The minimum atomic E-state index is -0.715. The molecule has 1 fully saturated rings. The zero-order valence-electron chi connectivity index (χ0n) is 15.2. The maximum absolute atomic E-state index is 12.7. The molecule has 0 bridgehead atoms. The van der Waals surface area contributed by atoms with Crippen LogP contribution in [0.4, 0.5) is 5.69 Å². The van der Waals surface area contributed by atoms with Gasteiger partial charge < -0.3 is 9.63 Å². The number of imide groups is 1. The molecule has 0 radical (unpaired) electrons. The summed E-state index contributed by atoms with van der Waals surface area (Å²) in [6.07, 6.45) is 0.0253. The first-order chi connectivity index (χ1) is 13.5. The minimum absolute atomic E-state index is 0.0253. The van der Waals surface area contributed by atoms with Crippen molar-refractivity contribution in [2.75, 3.05) is 4.90 Å². The van der Waals surface area contributed by atoms with Crippen molar-refractivity contribution in [1.29, 1.82) is 0 Å². The Morgan fingerprint density at radius 2 is 1.89 bits per heavy atom. The van der Waals surface area contributed by atoms with Crippen LogP contribution >= 0.6 is 0 Å². The molecule has 1 aliphatic heterocycles. The van der Waals surface area contributed by atoms with Gasteiger partial charge in [0.2, 0.25) is 11.6 Å². The van der Waals surface area contributed by atoms with Gasteiger partial charge in [0.15, 0.2) is 5.95 Å². The van der Waals surface area contributed by atoms with Crippen molar-refractivity contribution >= 4 is 17.5 Å². The van der Waals surface area contributed by atoms with Crippen LogP contribution in [0.1, 0.15) is 17.7 Å². The van der Waals surface area contributed by atoms with Crippen molar-refractivity contribution in [3.05, 3.63) is 65.9 Å². The molecule has 1 atom stereocenters. The number of amides is 2. The number of benzene rings is 2. The van der Waals surface area contributed by atoms with E-state index >= 15 is 0 Å².